The van der Waals surface area contributed by atoms with Gasteiger partial charge >= 0.3 is 0 Å². The predicted octanol–water partition coefficient (Wildman–Crippen LogP) is 3.38. The average Bonchev–Trinajstić information content (AvgIpc) is 2.37. The Hall–Kier alpha value is -2.06. The lowest BCUT2D eigenvalue weighted by Crippen LogP contribution is -1.96. The van der Waals surface area contributed by atoms with Crippen LogP contribution in [0.3, 0.4) is 0 Å². The molecule has 0 fully saturated rings. The summed E-state index contributed by atoms with van der Waals surface area (Å²) in [5, 5.41) is 8.83. The van der Waals surface area contributed by atoms with E-state index in [1.807, 2.05) is 13.0 Å². The van der Waals surface area contributed by atoms with Crippen molar-refractivity contribution in [3.63, 3.8) is 0 Å². The minimum absolute atomic E-state index is 0.277. The Morgan fingerprint density at radius 2 is 2.17 bits per heavy atom. The van der Waals surface area contributed by atoms with Crippen molar-refractivity contribution in [2.75, 3.05) is 0 Å². The Kier molecular flexibility index (Phi) is 3.49. The predicted molar refractivity (Wildman–Crippen MR) is 68.9 cm³/mol. The van der Waals surface area contributed by atoms with Crippen molar-refractivity contribution in [2.45, 2.75) is 13.3 Å². The molecule has 1 aromatic heterocycles. The molecule has 0 amide bonds. The van der Waals surface area contributed by atoms with Crippen molar-refractivity contribution in [3.8, 4) is 17.3 Å². The number of rotatable bonds is 2. The summed E-state index contributed by atoms with van der Waals surface area (Å²) >= 11 is 5.06. The van der Waals surface area contributed by atoms with Crippen LogP contribution in [0.4, 0.5) is 4.39 Å². The fourth-order valence-corrected chi connectivity index (χ4v) is 1.87. The third kappa shape index (κ3) is 2.60. The second-order valence-electron chi connectivity index (χ2n) is 3.77. The van der Waals surface area contributed by atoms with Gasteiger partial charge in [-0.05, 0) is 24.3 Å². The Morgan fingerprint density at radius 3 is 2.83 bits per heavy atom. The molecule has 3 nitrogen and oxygen atoms in total. The van der Waals surface area contributed by atoms with Crippen LogP contribution in [0.15, 0.2) is 24.3 Å². The summed E-state index contributed by atoms with van der Waals surface area (Å²) < 4.78 is 13.8. The molecule has 0 atom stereocenters. The summed E-state index contributed by atoms with van der Waals surface area (Å²) in [5.74, 6) is 0.290. The Bertz CT molecular complexity index is 685. The molecule has 0 aliphatic rings. The number of halogens is 1. The lowest BCUT2D eigenvalue weighted by atomic mass is 10.1. The van der Waals surface area contributed by atoms with Crippen molar-refractivity contribution < 1.29 is 4.39 Å². The van der Waals surface area contributed by atoms with Crippen LogP contribution in [0.1, 0.15) is 18.3 Å². The van der Waals surface area contributed by atoms with E-state index in [1.54, 1.807) is 12.1 Å². The molecule has 0 aliphatic heterocycles. The fraction of sp³-hybridized carbons (Fsp3) is 0.154. The van der Waals surface area contributed by atoms with Gasteiger partial charge in [-0.15, -0.1) is 0 Å². The SMILES string of the molecule is CCc1nc(=S)cc(-c2cc(F)cc(C#N)c2)[nH]1. The molecule has 2 rings (SSSR count). The minimum atomic E-state index is -0.446. The number of aryl methyl sites for hydroxylation is 1. The van der Waals surface area contributed by atoms with Crippen molar-refractivity contribution in [1.82, 2.24) is 9.97 Å². The average molecular weight is 259 g/mol. The Morgan fingerprint density at radius 1 is 1.39 bits per heavy atom. The van der Waals surface area contributed by atoms with Crippen LogP contribution in [0, 0.1) is 21.8 Å². The van der Waals surface area contributed by atoms with Gasteiger partial charge in [0.1, 0.15) is 16.3 Å². The molecule has 0 radical (unpaired) electrons. The molecule has 1 heterocycles. The standard InChI is InChI=1S/C13H10FN3S/c1-2-12-16-11(6-13(18)17-12)9-3-8(7-15)4-10(14)5-9/h3-6H,2H2,1H3,(H,16,17,18). The highest BCUT2D eigenvalue weighted by Gasteiger charge is 2.05. The number of nitrogens with zero attached hydrogens (tertiary/aromatic N) is 2. The highest BCUT2D eigenvalue weighted by atomic mass is 32.1. The fourth-order valence-electron chi connectivity index (χ4n) is 1.64. The van der Waals surface area contributed by atoms with E-state index >= 15 is 0 Å². The number of nitriles is 1. The van der Waals surface area contributed by atoms with E-state index in [0.717, 1.165) is 5.82 Å². The van der Waals surface area contributed by atoms with E-state index in [1.165, 1.54) is 12.1 Å². The first kappa shape index (κ1) is 12.4. The number of aromatic amines is 1. The third-order valence-corrected chi connectivity index (χ3v) is 2.67. The van der Waals surface area contributed by atoms with Gasteiger partial charge in [0.05, 0.1) is 11.6 Å². The monoisotopic (exact) mass is 259 g/mol. The molecule has 90 valence electrons. The zero-order chi connectivity index (χ0) is 13.1. The Labute approximate surface area is 109 Å². The number of hydrogen-bond acceptors (Lipinski definition) is 3. The summed E-state index contributed by atoms with van der Waals surface area (Å²) in [4.78, 5) is 7.22. The summed E-state index contributed by atoms with van der Waals surface area (Å²) in [7, 11) is 0. The topological polar surface area (TPSA) is 52.5 Å². The molecule has 1 N–H and O–H groups in total. The number of hydrogen-bond donors (Lipinski definition) is 1. The first-order valence-electron chi connectivity index (χ1n) is 5.43. The van der Waals surface area contributed by atoms with Crippen LogP contribution < -0.4 is 0 Å². The van der Waals surface area contributed by atoms with E-state index in [4.69, 9.17) is 17.5 Å². The maximum atomic E-state index is 13.4. The molecule has 0 spiro atoms. The van der Waals surface area contributed by atoms with Gasteiger partial charge in [-0.25, -0.2) is 9.37 Å². The van der Waals surface area contributed by atoms with Crippen LogP contribution in [0.5, 0.6) is 0 Å². The van der Waals surface area contributed by atoms with Crippen molar-refractivity contribution in [1.29, 1.82) is 5.26 Å². The number of nitrogens with one attached hydrogen (secondary N) is 1. The van der Waals surface area contributed by atoms with Gasteiger partial charge in [0.2, 0.25) is 0 Å². The molecule has 5 heteroatoms. The Balaban J connectivity index is 2.62. The molecule has 0 saturated heterocycles. The molecule has 18 heavy (non-hydrogen) atoms. The van der Waals surface area contributed by atoms with Gasteiger partial charge in [0.25, 0.3) is 0 Å². The molecule has 2 aromatic rings. The lowest BCUT2D eigenvalue weighted by Gasteiger charge is -2.05. The van der Waals surface area contributed by atoms with E-state index in [-0.39, 0.29) is 5.56 Å². The van der Waals surface area contributed by atoms with Gasteiger partial charge in [-0.3, -0.25) is 0 Å². The van der Waals surface area contributed by atoms with E-state index < -0.39 is 5.82 Å². The maximum Gasteiger partial charge on any atom is 0.130 e. The van der Waals surface area contributed by atoms with Gasteiger partial charge < -0.3 is 4.98 Å². The largest absolute Gasteiger partial charge is 0.343 e. The second-order valence-corrected chi connectivity index (χ2v) is 4.19. The quantitative estimate of drug-likeness (QED) is 0.841. The molecular weight excluding hydrogens is 249 g/mol. The zero-order valence-electron chi connectivity index (χ0n) is 9.70. The molecular formula is C13H10FN3S. The van der Waals surface area contributed by atoms with E-state index in [2.05, 4.69) is 9.97 Å². The van der Waals surface area contributed by atoms with Crippen LogP contribution in [-0.2, 0) is 6.42 Å². The lowest BCUT2D eigenvalue weighted by molar-refractivity contribution is 0.627. The number of benzene rings is 1. The highest BCUT2D eigenvalue weighted by molar-refractivity contribution is 7.71. The van der Waals surface area contributed by atoms with Crippen LogP contribution in [0.2, 0.25) is 0 Å². The molecule has 0 unspecified atom stereocenters. The van der Waals surface area contributed by atoms with Crippen LogP contribution in [0.25, 0.3) is 11.3 Å². The third-order valence-electron chi connectivity index (χ3n) is 2.46. The zero-order valence-corrected chi connectivity index (χ0v) is 10.5. The van der Waals surface area contributed by atoms with Gasteiger partial charge in [0.15, 0.2) is 0 Å². The van der Waals surface area contributed by atoms with Gasteiger partial charge in [-0.1, -0.05) is 19.1 Å². The van der Waals surface area contributed by atoms with Crippen LogP contribution >= 0.6 is 12.2 Å². The minimum Gasteiger partial charge on any atom is -0.343 e. The molecule has 0 aliphatic carbocycles. The smallest absolute Gasteiger partial charge is 0.130 e. The first-order valence-corrected chi connectivity index (χ1v) is 5.84. The normalized spacial score (nSPS) is 10.1. The van der Waals surface area contributed by atoms with Crippen molar-refractivity contribution in [2.24, 2.45) is 0 Å². The summed E-state index contributed by atoms with van der Waals surface area (Å²) in [6, 6.07) is 7.75. The maximum absolute atomic E-state index is 13.4. The number of aromatic nitrogens is 2. The van der Waals surface area contributed by atoms with E-state index in [9.17, 15) is 4.39 Å². The van der Waals surface area contributed by atoms with E-state index in [0.29, 0.717) is 22.3 Å². The molecule has 0 saturated carbocycles. The summed E-state index contributed by atoms with van der Waals surface area (Å²) in [6.07, 6.45) is 0.706. The molecule has 1 aromatic carbocycles. The van der Waals surface area contributed by atoms with Crippen molar-refractivity contribution in [3.05, 3.63) is 46.1 Å². The summed E-state index contributed by atoms with van der Waals surface area (Å²) in [5.41, 5.74) is 1.54. The molecule has 0 bridgehead atoms. The van der Waals surface area contributed by atoms with Gasteiger partial charge in [0, 0.05) is 17.7 Å². The summed E-state index contributed by atoms with van der Waals surface area (Å²) in [6.45, 7) is 1.95. The highest BCUT2D eigenvalue weighted by Crippen LogP contribution is 2.20. The van der Waals surface area contributed by atoms with Crippen LogP contribution in [-0.4, -0.2) is 9.97 Å². The second kappa shape index (κ2) is 5.07. The van der Waals surface area contributed by atoms with Crippen molar-refractivity contribution >= 4 is 12.2 Å². The first-order chi connectivity index (χ1) is 8.62. The van der Waals surface area contributed by atoms with Gasteiger partial charge in [-0.2, -0.15) is 5.26 Å². The number of H-pyrrole nitrogens is 1.